The Bertz CT molecular complexity index is 464. The lowest BCUT2D eigenvalue weighted by Crippen LogP contribution is -1.94. The van der Waals surface area contributed by atoms with Gasteiger partial charge in [0.1, 0.15) is 0 Å². The minimum Gasteiger partial charge on any atom is -0.478 e. The van der Waals surface area contributed by atoms with Crippen molar-refractivity contribution in [3.8, 4) is 0 Å². The third kappa shape index (κ3) is 18.4. The molecule has 0 radical (unpaired) electrons. The van der Waals surface area contributed by atoms with Gasteiger partial charge in [-0.3, -0.25) is 0 Å². The number of hydrogen-bond donors (Lipinski definition) is 1. The fraction of sp³-hybridized carbons (Fsp3) is 0.522. The largest absolute Gasteiger partial charge is 0.478 e. The van der Waals surface area contributed by atoms with E-state index in [1.165, 1.54) is 57.8 Å². The summed E-state index contributed by atoms with van der Waals surface area (Å²) in [6, 6.07) is 0. The van der Waals surface area contributed by atoms with Crippen LogP contribution in [0.3, 0.4) is 0 Å². The quantitative estimate of drug-likeness (QED) is 0.194. The van der Waals surface area contributed by atoms with Crippen molar-refractivity contribution in [1.29, 1.82) is 0 Å². The molecule has 0 heterocycles. The van der Waals surface area contributed by atoms with Gasteiger partial charge in [-0.25, -0.2) is 4.79 Å². The van der Waals surface area contributed by atoms with Crippen molar-refractivity contribution in [2.24, 2.45) is 0 Å². The lowest BCUT2D eigenvalue weighted by Gasteiger charge is -2.00. The van der Waals surface area contributed by atoms with Crippen LogP contribution in [0.4, 0.5) is 0 Å². The summed E-state index contributed by atoms with van der Waals surface area (Å²) in [6.07, 6.45) is 30.8. The molecule has 0 aromatic carbocycles. The molecule has 1 N–H and O–H groups in total. The Kier molecular flexibility index (Phi) is 17.2. The lowest BCUT2D eigenvalue weighted by molar-refractivity contribution is -0.132. The molecule has 0 rings (SSSR count). The lowest BCUT2D eigenvalue weighted by atomic mass is 10.1. The third-order valence-corrected chi connectivity index (χ3v) is 3.96. The van der Waals surface area contributed by atoms with Gasteiger partial charge in [0.05, 0.1) is 0 Å². The van der Waals surface area contributed by atoms with Crippen molar-refractivity contribution >= 4 is 5.97 Å². The van der Waals surface area contributed by atoms with Crippen molar-refractivity contribution in [1.82, 2.24) is 0 Å². The Labute approximate surface area is 154 Å². The molecule has 0 unspecified atom stereocenters. The van der Waals surface area contributed by atoms with Crippen LogP contribution in [-0.2, 0) is 4.79 Å². The second-order valence-electron chi connectivity index (χ2n) is 6.35. The highest BCUT2D eigenvalue weighted by molar-refractivity contribution is 5.86. The van der Waals surface area contributed by atoms with Crippen LogP contribution in [0.5, 0.6) is 0 Å². The van der Waals surface area contributed by atoms with Crippen molar-refractivity contribution in [2.75, 3.05) is 0 Å². The highest BCUT2D eigenvalue weighted by Gasteiger charge is 1.94. The highest BCUT2D eigenvalue weighted by Crippen LogP contribution is 2.10. The number of rotatable bonds is 15. The molecular formula is C23H36O2. The Morgan fingerprint density at radius 3 is 1.76 bits per heavy atom. The Morgan fingerprint density at radius 1 is 0.720 bits per heavy atom. The summed E-state index contributed by atoms with van der Waals surface area (Å²) in [6.45, 7) is 3.84. The maximum Gasteiger partial charge on any atom is 0.331 e. The number of unbranched alkanes of at least 4 members (excludes halogenated alkanes) is 9. The molecule has 0 aliphatic rings. The molecular weight excluding hydrogens is 308 g/mol. The normalized spacial score (nSPS) is 13.1. The molecule has 0 spiro atoms. The van der Waals surface area contributed by atoms with Crippen LogP contribution in [0.25, 0.3) is 0 Å². The minimum atomic E-state index is -0.884. The van der Waals surface area contributed by atoms with E-state index >= 15 is 0 Å². The first kappa shape index (κ1) is 23.2. The van der Waals surface area contributed by atoms with Gasteiger partial charge in [0.25, 0.3) is 0 Å². The van der Waals surface area contributed by atoms with Crippen LogP contribution in [0.1, 0.15) is 78.1 Å². The Hall–Kier alpha value is -1.83. The molecule has 140 valence electrons. The fourth-order valence-corrected chi connectivity index (χ4v) is 2.34. The van der Waals surface area contributed by atoms with Crippen LogP contribution in [0, 0.1) is 0 Å². The SMILES string of the molecule is CCCCCCCCCCCC=CC=CC=CC=CC=C(C)C(=O)O. The number of carboxylic acid groups (broad SMARTS) is 1. The third-order valence-electron chi connectivity index (χ3n) is 3.96. The van der Waals surface area contributed by atoms with E-state index in [1.54, 1.807) is 19.1 Å². The standard InChI is InChI=1S/C23H36O2/c1-3-4-5-6-7-8-9-10-11-12-13-14-15-16-17-18-19-20-21-22(2)23(24)25/h13-21H,3-12H2,1-2H3,(H,24,25). The number of carbonyl (C=O) groups is 1. The van der Waals surface area contributed by atoms with Gasteiger partial charge in [-0.1, -0.05) is 113 Å². The summed E-state index contributed by atoms with van der Waals surface area (Å²) >= 11 is 0. The number of allylic oxidation sites excluding steroid dienone is 9. The fourth-order valence-electron chi connectivity index (χ4n) is 2.34. The van der Waals surface area contributed by atoms with Gasteiger partial charge < -0.3 is 5.11 Å². The monoisotopic (exact) mass is 344 g/mol. The smallest absolute Gasteiger partial charge is 0.331 e. The zero-order chi connectivity index (χ0) is 18.6. The molecule has 2 nitrogen and oxygen atoms in total. The van der Waals surface area contributed by atoms with E-state index in [1.807, 2.05) is 30.4 Å². The zero-order valence-electron chi connectivity index (χ0n) is 16.1. The summed E-state index contributed by atoms with van der Waals surface area (Å²) in [5.41, 5.74) is 0.333. The molecule has 0 amide bonds. The first-order valence-corrected chi connectivity index (χ1v) is 9.75. The van der Waals surface area contributed by atoms with E-state index in [9.17, 15) is 4.79 Å². The topological polar surface area (TPSA) is 37.3 Å². The van der Waals surface area contributed by atoms with Crippen molar-refractivity contribution in [3.63, 3.8) is 0 Å². The van der Waals surface area contributed by atoms with E-state index in [2.05, 4.69) is 19.1 Å². The zero-order valence-corrected chi connectivity index (χ0v) is 16.1. The van der Waals surface area contributed by atoms with E-state index in [0.717, 1.165) is 6.42 Å². The van der Waals surface area contributed by atoms with Gasteiger partial charge >= 0.3 is 5.97 Å². The Balaban J connectivity index is 3.54. The molecule has 25 heavy (non-hydrogen) atoms. The van der Waals surface area contributed by atoms with E-state index in [-0.39, 0.29) is 0 Å². The predicted molar refractivity (Wildman–Crippen MR) is 110 cm³/mol. The summed E-state index contributed by atoms with van der Waals surface area (Å²) in [7, 11) is 0. The molecule has 0 aliphatic heterocycles. The summed E-state index contributed by atoms with van der Waals surface area (Å²) in [5, 5.41) is 8.69. The van der Waals surface area contributed by atoms with Crippen LogP contribution in [0.15, 0.2) is 60.3 Å². The summed E-state index contributed by atoms with van der Waals surface area (Å²) in [5.74, 6) is -0.884. The molecule has 0 aliphatic carbocycles. The number of carboxylic acids is 1. The molecule has 0 aromatic rings. The summed E-state index contributed by atoms with van der Waals surface area (Å²) in [4.78, 5) is 10.6. The highest BCUT2D eigenvalue weighted by atomic mass is 16.4. The molecule has 0 fully saturated rings. The molecule has 0 saturated heterocycles. The second kappa shape index (κ2) is 18.5. The minimum absolute atomic E-state index is 0.333. The van der Waals surface area contributed by atoms with Gasteiger partial charge in [0, 0.05) is 5.57 Å². The van der Waals surface area contributed by atoms with Crippen molar-refractivity contribution in [3.05, 3.63) is 60.3 Å². The predicted octanol–water partition coefficient (Wildman–Crippen LogP) is 7.16. The first-order valence-electron chi connectivity index (χ1n) is 9.75. The molecule has 2 heteroatoms. The van der Waals surface area contributed by atoms with Crippen LogP contribution in [-0.4, -0.2) is 11.1 Å². The second-order valence-corrected chi connectivity index (χ2v) is 6.35. The number of aliphatic carboxylic acids is 1. The van der Waals surface area contributed by atoms with Gasteiger partial charge in [-0.15, -0.1) is 0 Å². The van der Waals surface area contributed by atoms with Crippen LogP contribution in [0.2, 0.25) is 0 Å². The average Bonchev–Trinajstić information content (AvgIpc) is 2.60. The molecule has 0 saturated carbocycles. The molecule has 0 bridgehead atoms. The van der Waals surface area contributed by atoms with Crippen molar-refractivity contribution in [2.45, 2.75) is 78.1 Å². The molecule has 0 atom stereocenters. The average molecular weight is 345 g/mol. The first-order chi connectivity index (χ1) is 12.2. The summed E-state index contributed by atoms with van der Waals surface area (Å²) < 4.78 is 0. The van der Waals surface area contributed by atoms with Gasteiger partial charge in [0.15, 0.2) is 0 Å². The maximum atomic E-state index is 10.6. The maximum absolute atomic E-state index is 10.6. The van der Waals surface area contributed by atoms with Crippen molar-refractivity contribution < 1.29 is 9.90 Å². The van der Waals surface area contributed by atoms with Crippen LogP contribution < -0.4 is 0 Å². The molecule has 0 aromatic heterocycles. The van der Waals surface area contributed by atoms with Gasteiger partial charge in [-0.2, -0.15) is 0 Å². The van der Waals surface area contributed by atoms with Gasteiger partial charge in [0.2, 0.25) is 0 Å². The number of hydrogen-bond acceptors (Lipinski definition) is 1. The van der Waals surface area contributed by atoms with Gasteiger partial charge in [-0.05, 0) is 19.8 Å². The van der Waals surface area contributed by atoms with E-state index < -0.39 is 5.97 Å². The van der Waals surface area contributed by atoms with E-state index in [4.69, 9.17) is 5.11 Å². The van der Waals surface area contributed by atoms with Crippen LogP contribution >= 0.6 is 0 Å². The Morgan fingerprint density at radius 2 is 1.20 bits per heavy atom. The van der Waals surface area contributed by atoms with E-state index in [0.29, 0.717) is 5.57 Å².